The third-order valence-electron chi connectivity index (χ3n) is 5.82. The van der Waals surface area contributed by atoms with Crippen molar-refractivity contribution in [3.05, 3.63) is 69.4 Å². The van der Waals surface area contributed by atoms with Crippen molar-refractivity contribution in [3.8, 4) is 23.5 Å². The molecule has 0 saturated carbocycles. The molecule has 0 bridgehead atoms. The van der Waals surface area contributed by atoms with Gasteiger partial charge in [0.1, 0.15) is 11.5 Å². The Bertz CT molecular complexity index is 1230. The van der Waals surface area contributed by atoms with Crippen molar-refractivity contribution in [2.24, 2.45) is 0 Å². The number of nitrogens with zero attached hydrogens (tertiary/aromatic N) is 2. The molecular formula is C26H23ClFN3O2S. The number of carbonyl (C=O) groups excluding carboxylic acids is 2. The zero-order chi connectivity index (χ0) is 24.1. The lowest BCUT2D eigenvalue weighted by Gasteiger charge is -2.31. The van der Waals surface area contributed by atoms with E-state index in [1.165, 1.54) is 29.5 Å². The van der Waals surface area contributed by atoms with Crippen LogP contribution in [0.3, 0.4) is 0 Å². The van der Waals surface area contributed by atoms with E-state index < -0.39 is 5.82 Å². The normalized spacial score (nSPS) is 14.0. The summed E-state index contributed by atoms with van der Waals surface area (Å²) in [6.45, 7) is 1.32. The summed E-state index contributed by atoms with van der Waals surface area (Å²) in [4.78, 5) is 31.5. The number of terminal acetylenes is 1. The number of anilines is 1. The highest BCUT2D eigenvalue weighted by Gasteiger charge is 2.26. The van der Waals surface area contributed by atoms with E-state index in [-0.39, 0.29) is 17.7 Å². The molecule has 2 aromatic carbocycles. The third kappa shape index (κ3) is 5.64. The van der Waals surface area contributed by atoms with Crippen molar-refractivity contribution in [2.45, 2.75) is 31.6 Å². The van der Waals surface area contributed by atoms with Gasteiger partial charge in [-0.2, -0.15) is 0 Å². The van der Waals surface area contributed by atoms with Crippen LogP contribution in [0.5, 0.6) is 0 Å². The van der Waals surface area contributed by atoms with Gasteiger partial charge in [0.15, 0.2) is 0 Å². The molecule has 1 aromatic heterocycles. The zero-order valence-electron chi connectivity index (χ0n) is 18.4. The summed E-state index contributed by atoms with van der Waals surface area (Å²) in [6, 6.07) is 11.2. The van der Waals surface area contributed by atoms with Crippen LogP contribution in [-0.2, 0) is 4.79 Å². The van der Waals surface area contributed by atoms with Crippen LogP contribution in [-0.4, -0.2) is 34.8 Å². The molecule has 0 unspecified atom stereocenters. The van der Waals surface area contributed by atoms with Crippen molar-refractivity contribution in [1.82, 2.24) is 9.88 Å². The van der Waals surface area contributed by atoms with Gasteiger partial charge in [-0.25, -0.2) is 9.37 Å². The molecule has 5 nitrogen and oxygen atoms in total. The molecule has 2 heterocycles. The van der Waals surface area contributed by atoms with E-state index in [1.54, 1.807) is 29.6 Å². The fourth-order valence-corrected chi connectivity index (χ4v) is 5.07. The topological polar surface area (TPSA) is 62.3 Å². The van der Waals surface area contributed by atoms with Crippen LogP contribution in [0.15, 0.2) is 47.8 Å². The minimum Gasteiger partial charge on any atom is -0.343 e. The lowest BCUT2D eigenvalue weighted by atomic mass is 9.97. The van der Waals surface area contributed by atoms with E-state index in [9.17, 15) is 14.0 Å². The van der Waals surface area contributed by atoms with E-state index in [1.807, 2.05) is 4.90 Å². The van der Waals surface area contributed by atoms with Gasteiger partial charge < -0.3 is 10.2 Å². The minimum absolute atomic E-state index is 0.0893. The third-order valence-corrected chi connectivity index (χ3v) is 7.08. The molecule has 1 N–H and O–H groups in total. The number of thiazole rings is 1. The summed E-state index contributed by atoms with van der Waals surface area (Å²) in [5, 5.41) is 6.06. The first-order valence-electron chi connectivity index (χ1n) is 11.0. The minimum atomic E-state index is -0.400. The van der Waals surface area contributed by atoms with Gasteiger partial charge in [-0.15, -0.1) is 23.7 Å². The largest absolute Gasteiger partial charge is 0.343 e. The maximum Gasteiger partial charge on any atom is 0.275 e. The Kier molecular flexibility index (Phi) is 7.61. The van der Waals surface area contributed by atoms with Crippen LogP contribution in [0.4, 0.5) is 10.1 Å². The fraction of sp³-hybridized carbons (Fsp3) is 0.269. The Morgan fingerprint density at radius 2 is 1.94 bits per heavy atom. The van der Waals surface area contributed by atoms with E-state index in [0.717, 1.165) is 23.4 Å². The molecule has 1 aliphatic rings. The summed E-state index contributed by atoms with van der Waals surface area (Å²) < 4.78 is 13.9. The Hall–Kier alpha value is -3.21. The summed E-state index contributed by atoms with van der Waals surface area (Å²) in [7, 11) is 0. The molecule has 34 heavy (non-hydrogen) atoms. The molecule has 8 heteroatoms. The van der Waals surface area contributed by atoms with E-state index in [4.69, 9.17) is 18.0 Å². The van der Waals surface area contributed by atoms with Gasteiger partial charge in [-0.3, -0.25) is 9.59 Å². The predicted molar refractivity (Wildman–Crippen MR) is 134 cm³/mol. The maximum absolute atomic E-state index is 13.9. The molecule has 0 atom stereocenters. The molecule has 1 aliphatic heterocycles. The quantitative estimate of drug-likeness (QED) is 0.428. The van der Waals surface area contributed by atoms with Crippen molar-refractivity contribution in [1.29, 1.82) is 0 Å². The molecule has 0 spiro atoms. The number of benzene rings is 2. The van der Waals surface area contributed by atoms with Crippen LogP contribution < -0.4 is 5.32 Å². The zero-order valence-corrected chi connectivity index (χ0v) is 20.0. The number of halogens is 2. The molecule has 1 fully saturated rings. The number of rotatable bonds is 6. The number of carbonyl (C=O) groups is 2. The molecule has 1 saturated heterocycles. The molecule has 174 valence electrons. The van der Waals surface area contributed by atoms with Crippen LogP contribution in [0.2, 0.25) is 5.02 Å². The van der Waals surface area contributed by atoms with Gasteiger partial charge in [0.05, 0.1) is 5.01 Å². The fourth-order valence-electron chi connectivity index (χ4n) is 3.97. The van der Waals surface area contributed by atoms with Crippen LogP contribution >= 0.6 is 22.9 Å². The number of piperidine rings is 1. The number of hydrogen-bond donors (Lipinski definition) is 1. The maximum atomic E-state index is 13.9. The monoisotopic (exact) mass is 495 g/mol. The summed E-state index contributed by atoms with van der Waals surface area (Å²) in [5.74, 6) is 2.04. The molecule has 0 aliphatic carbocycles. The first kappa shape index (κ1) is 23.9. The predicted octanol–water partition coefficient (Wildman–Crippen LogP) is 5.97. The highest BCUT2D eigenvalue weighted by Crippen LogP contribution is 2.32. The first-order chi connectivity index (χ1) is 16.4. The lowest BCUT2D eigenvalue weighted by Crippen LogP contribution is -2.37. The average molecular weight is 496 g/mol. The Morgan fingerprint density at radius 1 is 1.21 bits per heavy atom. The molecular weight excluding hydrogens is 473 g/mol. The van der Waals surface area contributed by atoms with Crippen molar-refractivity contribution in [2.75, 3.05) is 18.4 Å². The van der Waals surface area contributed by atoms with Gasteiger partial charge in [-0.05, 0) is 48.7 Å². The number of likely N-dealkylation sites (tertiary alicyclic amines) is 1. The standard InChI is InChI=1S/C26H23ClFN3O2S/c1-2-3-4-24(32)31-13-11-18(12-14-31)26-30-23(16-34-26)25(33)29-22-10-9-20(28)15-21(22)17-5-7-19(27)8-6-17/h1,5-10,15-16,18H,3-4,11-14H2,(H,29,33). The molecule has 2 amide bonds. The lowest BCUT2D eigenvalue weighted by molar-refractivity contribution is -0.132. The number of aromatic nitrogens is 1. The Morgan fingerprint density at radius 3 is 2.65 bits per heavy atom. The van der Waals surface area contributed by atoms with Crippen LogP contribution in [0.25, 0.3) is 11.1 Å². The van der Waals surface area contributed by atoms with Crippen LogP contribution in [0, 0.1) is 18.2 Å². The van der Waals surface area contributed by atoms with E-state index >= 15 is 0 Å². The second-order valence-electron chi connectivity index (χ2n) is 8.08. The molecule has 4 rings (SSSR count). The first-order valence-corrected chi connectivity index (χ1v) is 12.2. The number of hydrogen-bond acceptors (Lipinski definition) is 4. The smallest absolute Gasteiger partial charge is 0.275 e. The second-order valence-corrected chi connectivity index (χ2v) is 9.41. The van der Waals surface area contributed by atoms with E-state index in [0.29, 0.717) is 47.9 Å². The van der Waals surface area contributed by atoms with Crippen LogP contribution in [0.1, 0.15) is 47.1 Å². The molecule has 0 radical (unpaired) electrons. The SMILES string of the molecule is C#CCCC(=O)N1CCC(c2nc(C(=O)Nc3ccc(F)cc3-c3ccc(Cl)cc3)cs2)CC1. The number of nitrogens with one attached hydrogen (secondary N) is 1. The highest BCUT2D eigenvalue weighted by molar-refractivity contribution is 7.10. The highest BCUT2D eigenvalue weighted by atomic mass is 35.5. The Labute approximate surface area is 207 Å². The van der Waals surface area contributed by atoms with Crippen molar-refractivity contribution >= 4 is 40.4 Å². The summed E-state index contributed by atoms with van der Waals surface area (Å²) >= 11 is 7.41. The van der Waals surface area contributed by atoms with Gasteiger partial charge in [0.2, 0.25) is 5.91 Å². The van der Waals surface area contributed by atoms with Gasteiger partial charge in [0, 0.05) is 53.5 Å². The van der Waals surface area contributed by atoms with Gasteiger partial charge in [0.25, 0.3) is 5.91 Å². The van der Waals surface area contributed by atoms with Crippen molar-refractivity contribution < 1.29 is 14.0 Å². The number of amides is 2. The summed E-state index contributed by atoms with van der Waals surface area (Å²) in [5.41, 5.74) is 2.10. The summed E-state index contributed by atoms with van der Waals surface area (Å²) in [6.07, 6.45) is 7.68. The van der Waals surface area contributed by atoms with Crippen molar-refractivity contribution in [3.63, 3.8) is 0 Å². The second kappa shape index (κ2) is 10.8. The van der Waals surface area contributed by atoms with Gasteiger partial charge in [-0.1, -0.05) is 23.7 Å². The average Bonchev–Trinajstić information content (AvgIpc) is 3.35. The Balaban J connectivity index is 1.43. The molecule has 3 aromatic rings. The van der Waals surface area contributed by atoms with E-state index in [2.05, 4.69) is 16.2 Å². The van der Waals surface area contributed by atoms with Gasteiger partial charge >= 0.3 is 0 Å².